The first-order chi connectivity index (χ1) is 8.29. The third-order valence-electron chi connectivity index (χ3n) is 4.05. The summed E-state index contributed by atoms with van der Waals surface area (Å²) >= 11 is 0. The van der Waals surface area contributed by atoms with Gasteiger partial charge >= 0.3 is 5.97 Å². The Balaban J connectivity index is 2.65. The van der Waals surface area contributed by atoms with E-state index in [-0.39, 0.29) is 12.1 Å². The number of esters is 1. The molecule has 0 saturated carbocycles. The average Bonchev–Trinajstić information content (AvgIpc) is 2.29. The van der Waals surface area contributed by atoms with Crippen LogP contribution in [-0.2, 0) is 9.53 Å². The molecular weight excluding hydrogens is 226 g/mol. The van der Waals surface area contributed by atoms with E-state index in [2.05, 4.69) is 25.8 Å². The highest BCUT2D eigenvalue weighted by molar-refractivity contribution is 5.75. The van der Waals surface area contributed by atoms with Gasteiger partial charge in [0, 0.05) is 12.1 Å². The molecule has 1 aliphatic heterocycles. The van der Waals surface area contributed by atoms with E-state index in [1.165, 1.54) is 0 Å². The van der Waals surface area contributed by atoms with Crippen LogP contribution >= 0.6 is 0 Å². The standard InChI is InChI=1S/C15H29NO2/c1-7-11-9-13(10-12(8-2)16(11)6)18-14(17)15(3,4)5/h11-13H,7-10H2,1-6H3/t11-,12+,13?. The maximum atomic E-state index is 12.0. The molecule has 3 atom stereocenters. The lowest BCUT2D eigenvalue weighted by Crippen LogP contribution is -2.49. The van der Waals surface area contributed by atoms with Crippen LogP contribution in [0, 0.1) is 5.41 Å². The van der Waals surface area contributed by atoms with Gasteiger partial charge in [0.1, 0.15) is 6.10 Å². The highest BCUT2D eigenvalue weighted by atomic mass is 16.5. The maximum absolute atomic E-state index is 12.0. The number of piperidine rings is 1. The van der Waals surface area contributed by atoms with Gasteiger partial charge in [0.05, 0.1) is 5.41 Å². The van der Waals surface area contributed by atoms with Crippen LogP contribution in [0.25, 0.3) is 0 Å². The van der Waals surface area contributed by atoms with Crippen LogP contribution in [0.1, 0.15) is 60.3 Å². The van der Waals surface area contributed by atoms with Crippen molar-refractivity contribution in [3.05, 3.63) is 0 Å². The highest BCUT2D eigenvalue weighted by Crippen LogP contribution is 2.29. The predicted octanol–water partition coefficient (Wildman–Crippen LogP) is 3.23. The minimum atomic E-state index is -0.396. The molecule has 1 saturated heterocycles. The highest BCUT2D eigenvalue weighted by Gasteiger charge is 2.35. The van der Waals surface area contributed by atoms with Gasteiger partial charge in [-0.1, -0.05) is 13.8 Å². The molecule has 1 heterocycles. The molecule has 0 aliphatic carbocycles. The summed E-state index contributed by atoms with van der Waals surface area (Å²) in [4.78, 5) is 14.4. The zero-order chi connectivity index (χ0) is 13.9. The van der Waals surface area contributed by atoms with E-state index < -0.39 is 5.41 Å². The first-order valence-corrected chi connectivity index (χ1v) is 7.22. The molecule has 1 rings (SSSR count). The maximum Gasteiger partial charge on any atom is 0.311 e. The van der Waals surface area contributed by atoms with Gasteiger partial charge in [-0.15, -0.1) is 0 Å². The van der Waals surface area contributed by atoms with Gasteiger partial charge in [0.15, 0.2) is 0 Å². The third-order valence-corrected chi connectivity index (χ3v) is 4.05. The molecule has 0 aromatic rings. The predicted molar refractivity (Wildman–Crippen MR) is 74.5 cm³/mol. The van der Waals surface area contributed by atoms with Crippen LogP contribution < -0.4 is 0 Å². The van der Waals surface area contributed by atoms with Crippen molar-refractivity contribution in [1.29, 1.82) is 0 Å². The summed E-state index contributed by atoms with van der Waals surface area (Å²) in [6.45, 7) is 10.2. The number of nitrogens with zero attached hydrogens (tertiary/aromatic N) is 1. The minimum Gasteiger partial charge on any atom is -0.462 e. The average molecular weight is 255 g/mol. The molecule has 0 spiro atoms. The molecule has 0 amide bonds. The van der Waals surface area contributed by atoms with Gasteiger partial charge < -0.3 is 9.64 Å². The van der Waals surface area contributed by atoms with Crippen LogP contribution in [0.15, 0.2) is 0 Å². The van der Waals surface area contributed by atoms with Gasteiger partial charge in [-0.2, -0.15) is 0 Å². The van der Waals surface area contributed by atoms with Crippen molar-refractivity contribution >= 4 is 5.97 Å². The number of likely N-dealkylation sites (tertiary alicyclic amines) is 1. The first-order valence-electron chi connectivity index (χ1n) is 7.22. The normalized spacial score (nSPS) is 30.2. The summed E-state index contributed by atoms with van der Waals surface area (Å²) in [5, 5.41) is 0. The fraction of sp³-hybridized carbons (Fsp3) is 0.933. The molecular formula is C15H29NO2. The second kappa shape index (κ2) is 6.05. The van der Waals surface area contributed by atoms with E-state index in [1.807, 2.05) is 20.8 Å². The summed E-state index contributed by atoms with van der Waals surface area (Å²) in [6, 6.07) is 1.09. The number of hydrogen-bond acceptors (Lipinski definition) is 3. The summed E-state index contributed by atoms with van der Waals surface area (Å²) < 4.78 is 5.70. The summed E-state index contributed by atoms with van der Waals surface area (Å²) in [5.41, 5.74) is -0.396. The van der Waals surface area contributed by atoms with Gasteiger partial charge in [0.25, 0.3) is 0 Å². The molecule has 106 valence electrons. The second-order valence-corrected chi connectivity index (χ2v) is 6.54. The van der Waals surface area contributed by atoms with Crippen LogP contribution in [-0.4, -0.2) is 36.1 Å². The SMILES string of the molecule is CC[C@@H]1CC(OC(=O)C(C)(C)C)C[C@H](CC)N1C. The Bertz CT molecular complexity index is 269. The molecule has 0 aromatic carbocycles. The fourth-order valence-electron chi connectivity index (χ4n) is 2.67. The monoisotopic (exact) mass is 255 g/mol. The number of carbonyl (C=O) groups excluding carboxylic acids is 1. The zero-order valence-corrected chi connectivity index (χ0v) is 12.8. The van der Waals surface area contributed by atoms with Crippen LogP contribution in [0.4, 0.5) is 0 Å². The van der Waals surface area contributed by atoms with Crippen LogP contribution in [0.5, 0.6) is 0 Å². The van der Waals surface area contributed by atoms with E-state index in [1.54, 1.807) is 0 Å². The van der Waals surface area contributed by atoms with Crippen molar-refractivity contribution in [1.82, 2.24) is 4.90 Å². The van der Waals surface area contributed by atoms with Crippen LogP contribution in [0.3, 0.4) is 0 Å². The van der Waals surface area contributed by atoms with E-state index in [0.29, 0.717) is 12.1 Å². The number of rotatable bonds is 3. The molecule has 0 bridgehead atoms. The van der Waals surface area contributed by atoms with Crippen molar-refractivity contribution in [3.8, 4) is 0 Å². The zero-order valence-electron chi connectivity index (χ0n) is 12.8. The molecule has 18 heavy (non-hydrogen) atoms. The molecule has 0 radical (unpaired) electrons. The third kappa shape index (κ3) is 3.71. The number of ether oxygens (including phenoxy) is 1. The first kappa shape index (κ1) is 15.5. The Labute approximate surface area is 112 Å². The van der Waals surface area contributed by atoms with Crippen molar-refractivity contribution in [2.75, 3.05) is 7.05 Å². The lowest BCUT2D eigenvalue weighted by atomic mass is 9.90. The van der Waals surface area contributed by atoms with Gasteiger partial charge in [0.2, 0.25) is 0 Å². The molecule has 1 unspecified atom stereocenters. The minimum absolute atomic E-state index is 0.0678. The van der Waals surface area contributed by atoms with Gasteiger partial charge in [-0.3, -0.25) is 4.79 Å². The van der Waals surface area contributed by atoms with Crippen molar-refractivity contribution in [2.24, 2.45) is 5.41 Å². The lowest BCUT2D eigenvalue weighted by molar-refractivity contribution is -0.163. The molecule has 3 heteroatoms. The van der Waals surface area contributed by atoms with E-state index in [0.717, 1.165) is 25.7 Å². The molecule has 0 N–H and O–H groups in total. The van der Waals surface area contributed by atoms with Crippen molar-refractivity contribution in [2.45, 2.75) is 78.5 Å². The fourth-order valence-corrected chi connectivity index (χ4v) is 2.67. The molecule has 3 nitrogen and oxygen atoms in total. The lowest BCUT2D eigenvalue weighted by Gasteiger charge is -2.42. The molecule has 1 aliphatic rings. The van der Waals surface area contributed by atoms with Gasteiger partial charge in [-0.05, 0) is 53.5 Å². The Morgan fingerprint density at radius 3 is 1.94 bits per heavy atom. The van der Waals surface area contributed by atoms with E-state index >= 15 is 0 Å². The Kier molecular flexibility index (Phi) is 5.20. The summed E-state index contributed by atoms with van der Waals surface area (Å²) in [6.07, 6.45) is 4.30. The van der Waals surface area contributed by atoms with E-state index in [4.69, 9.17) is 4.74 Å². The Morgan fingerprint density at radius 2 is 1.61 bits per heavy atom. The van der Waals surface area contributed by atoms with Gasteiger partial charge in [-0.25, -0.2) is 0 Å². The van der Waals surface area contributed by atoms with Crippen molar-refractivity contribution < 1.29 is 9.53 Å². The van der Waals surface area contributed by atoms with Crippen LogP contribution in [0.2, 0.25) is 0 Å². The largest absolute Gasteiger partial charge is 0.462 e. The number of carbonyl (C=O) groups is 1. The summed E-state index contributed by atoms with van der Waals surface area (Å²) in [5.74, 6) is -0.0678. The smallest absolute Gasteiger partial charge is 0.311 e. The van der Waals surface area contributed by atoms with Crippen molar-refractivity contribution in [3.63, 3.8) is 0 Å². The second-order valence-electron chi connectivity index (χ2n) is 6.54. The molecule has 1 fully saturated rings. The number of hydrogen-bond donors (Lipinski definition) is 0. The quantitative estimate of drug-likeness (QED) is 0.725. The Morgan fingerprint density at radius 1 is 1.17 bits per heavy atom. The topological polar surface area (TPSA) is 29.5 Å². The summed E-state index contributed by atoms with van der Waals surface area (Å²) in [7, 11) is 2.20. The van der Waals surface area contributed by atoms with E-state index in [9.17, 15) is 4.79 Å². The molecule has 0 aromatic heterocycles. The Hall–Kier alpha value is -0.570.